The van der Waals surface area contributed by atoms with E-state index in [2.05, 4.69) is 5.32 Å². The van der Waals surface area contributed by atoms with Crippen LogP contribution in [0, 0.1) is 5.92 Å². The van der Waals surface area contributed by atoms with E-state index >= 15 is 0 Å². The molecule has 2 N–H and O–H groups in total. The minimum Gasteiger partial charge on any atom is -0.495 e. The Bertz CT molecular complexity index is 456. The molecule has 0 aliphatic heterocycles. The monoisotopic (exact) mass is 251 g/mol. The Kier molecular flexibility index (Phi) is 4.71. The van der Waals surface area contributed by atoms with Gasteiger partial charge in [0, 0.05) is 5.92 Å². The third kappa shape index (κ3) is 3.23. The van der Waals surface area contributed by atoms with Crippen molar-refractivity contribution >= 4 is 17.6 Å². The van der Waals surface area contributed by atoms with Crippen LogP contribution in [0.4, 0.5) is 5.69 Å². The van der Waals surface area contributed by atoms with E-state index in [1.165, 1.54) is 25.3 Å². The van der Waals surface area contributed by atoms with Crippen molar-refractivity contribution in [3.63, 3.8) is 0 Å². The molecule has 5 nitrogen and oxygen atoms in total. The molecule has 1 aromatic carbocycles. The van der Waals surface area contributed by atoms with Gasteiger partial charge in [0.05, 0.1) is 18.4 Å². The van der Waals surface area contributed by atoms with Crippen LogP contribution in [0.3, 0.4) is 0 Å². The lowest BCUT2D eigenvalue weighted by Gasteiger charge is -2.13. The Morgan fingerprint density at radius 2 is 2.11 bits per heavy atom. The number of carbonyl (C=O) groups is 2. The van der Waals surface area contributed by atoms with Crippen LogP contribution in [0.5, 0.6) is 5.75 Å². The molecule has 5 heteroatoms. The minimum absolute atomic E-state index is 0.103. The summed E-state index contributed by atoms with van der Waals surface area (Å²) in [5.74, 6) is -0.910. The zero-order valence-electron chi connectivity index (χ0n) is 10.7. The molecule has 0 bridgehead atoms. The number of ether oxygens (including phenoxy) is 1. The van der Waals surface area contributed by atoms with Crippen LogP contribution in [0.1, 0.15) is 30.6 Å². The maximum atomic E-state index is 11.7. The summed E-state index contributed by atoms with van der Waals surface area (Å²) >= 11 is 0. The van der Waals surface area contributed by atoms with Crippen LogP contribution in [0.2, 0.25) is 0 Å². The summed E-state index contributed by atoms with van der Waals surface area (Å²) in [6, 6.07) is 4.34. The lowest BCUT2D eigenvalue weighted by Crippen LogP contribution is -2.20. The molecule has 1 amide bonds. The zero-order valence-corrected chi connectivity index (χ0v) is 10.7. The Morgan fingerprint density at radius 1 is 1.44 bits per heavy atom. The van der Waals surface area contributed by atoms with E-state index in [1.807, 2.05) is 13.8 Å². The topological polar surface area (TPSA) is 75.6 Å². The number of methoxy groups -OCH3 is 1. The Morgan fingerprint density at radius 3 is 2.61 bits per heavy atom. The van der Waals surface area contributed by atoms with Crippen molar-refractivity contribution in [1.82, 2.24) is 0 Å². The lowest BCUT2D eigenvalue weighted by atomic mass is 10.1. The summed E-state index contributed by atoms with van der Waals surface area (Å²) in [6.07, 6.45) is 0.737. The van der Waals surface area contributed by atoms with Crippen LogP contribution >= 0.6 is 0 Å². The second kappa shape index (κ2) is 6.05. The fourth-order valence-corrected chi connectivity index (χ4v) is 1.37. The van der Waals surface area contributed by atoms with Crippen molar-refractivity contribution in [1.29, 1.82) is 0 Å². The van der Waals surface area contributed by atoms with E-state index in [9.17, 15) is 9.59 Å². The van der Waals surface area contributed by atoms with Gasteiger partial charge >= 0.3 is 5.97 Å². The predicted molar refractivity (Wildman–Crippen MR) is 68.0 cm³/mol. The van der Waals surface area contributed by atoms with Crippen molar-refractivity contribution in [2.24, 2.45) is 5.92 Å². The van der Waals surface area contributed by atoms with Gasteiger partial charge in [-0.3, -0.25) is 4.79 Å². The average Bonchev–Trinajstić information content (AvgIpc) is 2.37. The normalized spacial score (nSPS) is 11.7. The number of nitrogens with one attached hydrogen (secondary N) is 1. The molecule has 0 heterocycles. The molecule has 1 atom stereocenters. The Balaban J connectivity index is 2.96. The minimum atomic E-state index is -1.03. The number of carboxylic acid groups (broad SMARTS) is 1. The number of aromatic carboxylic acids is 1. The van der Waals surface area contributed by atoms with Crippen LogP contribution in [0.25, 0.3) is 0 Å². The largest absolute Gasteiger partial charge is 0.495 e. The maximum absolute atomic E-state index is 11.7. The van der Waals surface area contributed by atoms with Gasteiger partial charge in [0.15, 0.2) is 0 Å². The van der Waals surface area contributed by atoms with Crippen molar-refractivity contribution in [3.8, 4) is 5.75 Å². The van der Waals surface area contributed by atoms with Gasteiger partial charge in [0.2, 0.25) is 5.91 Å². The smallest absolute Gasteiger partial charge is 0.335 e. The summed E-state index contributed by atoms with van der Waals surface area (Å²) in [5, 5.41) is 11.6. The molecule has 1 aromatic rings. The molecule has 0 aliphatic rings. The summed E-state index contributed by atoms with van der Waals surface area (Å²) in [7, 11) is 1.43. The number of hydrogen-bond acceptors (Lipinski definition) is 3. The van der Waals surface area contributed by atoms with E-state index in [0.717, 1.165) is 6.42 Å². The number of rotatable bonds is 5. The van der Waals surface area contributed by atoms with E-state index in [1.54, 1.807) is 0 Å². The number of carbonyl (C=O) groups excluding carboxylic acids is 1. The number of benzene rings is 1. The second-order valence-electron chi connectivity index (χ2n) is 4.02. The van der Waals surface area contributed by atoms with Gasteiger partial charge in [-0.05, 0) is 24.6 Å². The van der Waals surface area contributed by atoms with Crippen molar-refractivity contribution in [3.05, 3.63) is 23.8 Å². The molecule has 0 aromatic heterocycles. The summed E-state index contributed by atoms with van der Waals surface area (Å²) < 4.78 is 5.07. The summed E-state index contributed by atoms with van der Waals surface area (Å²) in [6.45, 7) is 3.75. The molecular weight excluding hydrogens is 234 g/mol. The van der Waals surface area contributed by atoms with E-state index in [4.69, 9.17) is 9.84 Å². The Hall–Kier alpha value is -2.04. The van der Waals surface area contributed by atoms with Gasteiger partial charge in [-0.15, -0.1) is 0 Å². The number of hydrogen-bond donors (Lipinski definition) is 2. The van der Waals surface area contributed by atoms with Crippen molar-refractivity contribution < 1.29 is 19.4 Å². The number of amides is 1. The van der Waals surface area contributed by atoms with E-state index in [0.29, 0.717) is 11.4 Å². The van der Waals surface area contributed by atoms with Crippen molar-refractivity contribution in [2.75, 3.05) is 12.4 Å². The van der Waals surface area contributed by atoms with Gasteiger partial charge in [0.25, 0.3) is 0 Å². The molecule has 0 aliphatic carbocycles. The molecule has 0 spiro atoms. The van der Waals surface area contributed by atoms with E-state index < -0.39 is 5.97 Å². The predicted octanol–water partition coefficient (Wildman–Crippen LogP) is 2.38. The average molecular weight is 251 g/mol. The first-order valence-electron chi connectivity index (χ1n) is 5.71. The van der Waals surface area contributed by atoms with Crippen LogP contribution in [-0.2, 0) is 4.79 Å². The lowest BCUT2D eigenvalue weighted by molar-refractivity contribution is -0.119. The molecular formula is C13H17NO4. The molecule has 1 unspecified atom stereocenters. The third-order valence-electron chi connectivity index (χ3n) is 2.77. The summed E-state index contributed by atoms with van der Waals surface area (Å²) in [5.41, 5.74) is 0.598. The molecule has 0 saturated heterocycles. The SMILES string of the molecule is CCC(C)C(=O)Nc1ccc(C(=O)O)cc1OC. The number of anilines is 1. The van der Waals surface area contributed by atoms with Gasteiger partial charge in [-0.2, -0.15) is 0 Å². The fourth-order valence-electron chi connectivity index (χ4n) is 1.37. The number of carboxylic acids is 1. The van der Waals surface area contributed by atoms with Gasteiger partial charge in [-0.25, -0.2) is 4.79 Å². The Labute approximate surface area is 106 Å². The standard InChI is InChI=1S/C13H17NO4/c1-4-8(2)12(15)14-10-6-5-9(13(16)17)7-11(10)18-3/h5-8H,4H2,1-3H3,(H,14,15)(H,16,17). The highest BCUT2D eigenvalue weighted by atomic mass is 16.5. The summed E-state index contributed by atoms with van der Waals surface area (Å²) in [4.78, 5) is 22.6. The first kappa shape index (κ1) is 14.0. The fraction of sp³-hybridized carbons (Fsp3) is 0.385. The molecule has 18 heavy (non-hydrogen) atoms. The molecule has 0 radical (unpaired) electrons. The third-order valence-corrected chi connectivity index (χ3v) is 2.77. The van der Waals surface area contributed by atoms with Crippen molar-refractivity contribution in [2.45, 2.75) is 20.3 Å². The maximum Gasteiger partial charge on any atom is 0.335 e. The van der Waals surface area contributed by atoms with Crippen LogP contribution in [0.15, 0.2) is 18.2 Å². The van der Waals surface area contributed by atoms with Crippen LogP contribution in [-0.4, -0.2) is 24.1 Å². The first-order valence-corrected chi connectivity index (χ1v) is 5.71. The van der Waals surface area contributed by atoms with E-state index in [-0.39, 0.29) is 17.4 Å². The zero-order chi connectivity index (χ0) is 13.7. The highest BCUT2D eigenvalue weighted by molar-refractivity contribution is 5.95. The van der Waals surface area contributed by atoms with Gasteiger partial charge in [0.1, 0.15) is 5.75 Å². The molecule has 98 valence electrons. The molecule has 0 saturated carbocycles. The van der Waals surface area contributed by atoms with Gasteiger partial charge in [-0.1, -0.05) is 13.8 Å². The van der Waals surface area contributed by atoms with Crippen LogP contribution < -0.4 is 10.1 Å². The first-order chi connectivity index (χ1) is 8.49. The second-order valence-corrected chi connectivity index (χ2v) is 4.02. The highest BCUT2D eigenvalue weighted by Gasteiger charge is 2.14. The molecule has 1 rings (SSSR count). The quantitative estimate of drug-likeness (QED) is 0.842. The highest BCUT2D eigenvalue weighted by Crippen LogP contribution is 2.26. The van der Waals surface area contributed by atoms with Gasteiger partial charge < -0.3 is 15.2 Å². The molecule has 0 fully saturated rings.